The standard InChI is InChI=1S/C24H25ClN2O5S2/c1-15(2)24(28)26-21-14-19(10-12-23(21)33-4)34(29,30)27-20-13-16(25)5-11-22(20)32-18-8-6-17(31-3)7-9-18/h5-15,27H,1-4H3,(H,26,28). The molecule has 0 fully saturated rings. The van der Waals surface area contributed by atoms with Crippen LogP contribution in [0, 0.1) is 5.92 Å². The largest absolute Gasteiger partial charge is 0.497 e. The van der Waals surface area contributed by atoms with Crippen molar-refractivity contribution < 1.29 is 22.7 Å². The SMILES string of the molecule is COc1ccc(Oc2ccc(Cl)cc2NS(=O)(=O)c2ccc(SC)c(NC(=O)C(C)C)c2)cc1. The van der Waals surface area contributed by atoms with E-state index in [0.717, 1.165) is 4.90 Å². The van der Waals surface area contributed by atoms with Gasteiger partial charge >= 0.3 is 0 Å². The van der Waals surface area contributed by atoms with Gasteiger partial charge < -0.3 is 14.8 Å². The van der Waals surface area contributed by atoms with Gasteiger partial charge in [-0.05, 0) is 66.9 Å². The molecule has 3 rings (SSSR count). The van der Waals surface area contributed by atoms with Gasteiger partial charge in [-0.15, -0.1) is 11.8 Å². The number of carbonyl (C=O) groups excluding carboxylic acids is 1. The van der Waals surface area contributed by atoms with Gasteiger partial charge in [-0.25, -0.2) is 8.42 Å². The molecule has 0 aliphatic heterocycles. The zero-order chi connectivity index (χ0) is 24.9. The zero-order valence-corrected chi connectivity index (χ0v) is 21.5. The molecule has 2 N–H and O–H groups in total. The number of methoxy groups -OCH3 is 1. The number of hydrogen-bond donors (Lipinski definition) is 2. The van der Waals surface area contributed by atoms with Crippen molar-refractivity contribution in [3.05, 3.63) is 65.7 Å². The second-order valence-electron chi connectivity index (χ2n) is 7.53. The first-order valence-electron chi connectivity index (χ1n) is 10.3. The number of ether oxygens (including phenoxy) is 2. The van der Waals surface area contributed by atoms with Gasteiger partial charge in [0.1, 0.15) is 11.5 Å². The lowest BCUT2D eigenvalue weighted by Gasteiger charge is -2.16. The molecular formula is C24H25ClN2O5S2. The average Bonchev–Trinajstić information content (AvgIpc) is 2.81. The summed E-state index contributed by atoms with van der Waals surface area (Å²) >= 11 is 7.53. The Labute approximate surface area is 208 Å². The van der Waals surface area contributed by atoms with Gasteiger partial charge in [0, 0.05) is 15.8 Å². The van der Waals surface area contributed by atoms with Crippen molar-refractivity contribution in [3.8, 4) is 17.2 Å². The third-order valence-corrected chi connectivity index (χ3v) is 7.13. The van der Waals surface area contributed by atoms with E-state index < -0.39 is 10.0 Å². The highest BCUT2D eigenvalue weighted by Gasteiger charge is 2.20. The third kappa shape index (κ3) is 6.37. The van der Waals surface area contributed by atoms with Crippen molar-refractivity contribution in [2.75, 3.05) is 23.4 Å². The summed E-state index contributed by atoms with van der Waals surface area (Å²) in [5.74, 6) is 0.970. The molecule has 1 amide bonds. The number of benzene rings is 3. The first-order chi connectivity index (χ1) is 16.1. The number of hydrogen-bond acceptors (Lipinski definition) is 6. The van der Waals surface area contributed by atoms with Crippen LogP contribution < -0.4 is 19.5 Å². The first-order valence-corrected chi connectivity index (χ1v) is 13.3. The van der Waals surface area contributed by atoms with Crippen molar-refractivity contribution in [1.29, 1.82) is 0 Å². The summed E-state index contributed by atoms with van der Waals surface area (Å²) < 4.78 is 40.0. The number of halogens is 1. The van der Waals surface area contributed by atoms with Crippen LogP contribution in [0.5, 0.6) is 17.2 Å². The molecule has 0 aliphatic rings. The van der Waals surface area contributed by atoms with E-state index in [0.29, 0.717) is 22.2 Å². The van der Waals surface area contributed by atoms with Crippen LogP contribution in [0.2, 0.25) is 5.02 Å². The zero-order valence-electron chi connectivity index (χ0n) is 19.1. The van der Waals surface area contributed by atoms with E-state index in [-0.39, 0.29) is 28.2 Å². The van der Waals surface area contributed by atoms with Crippen molar-refractivity contribution in [2.45, 2.75) is 23.6 Å². The normalized spacial score (nSPS) is 11.2. The Bertz CT molecular complexity index is 1280. The summed E-state index contributed by atoms with van der Waals surface area (Å²) in [7, 11) is -2.47. The molecule has 3 aromatic carbocycles. The maximum Gasteiger partial charge on any atom is 0.262 e. The minimum atomic E-state index is -4.03. The van der Waals surface area contributed by atoms with Crippen LogP contribution in [-0.2, 0) is 14.8 Å². The van der Waals surface area contributed by atoms with Crippen LogP contribution in [0.15, 0.2) is 70.5 Å². The highest BCUT2D eigenvalue weighted by Crippen LogP contribution is 2.35. The molecule has 0 spiro atoms. The topological polar surface area (TPSA) is 93.7 Å². The Morgan fingerprint density at radius 3 is 2.26 bits per heavy atom. The van der Waals surface area contributed by atoms with E-state index in [9.17, 15) is 13.2 Å². The fourth-order valence-electron chi connectivity index (χ4n) is 2.87. The highest BCUT2D eigenvalue weighted by molar-refractivity contribution is 7.98. The van der Waals surface area contributed by atoms with Crippen molar-refractivity contribution in [2.24, 2.45) is 5.92 Å². The van der Waals surface area contributed by atoms with E-state index in [2.05, 4.69) is 10.0 Å². The van der Waals surface area contributed by atoms with Crippen LogP contribution in [0.3, 0.4) is 0 Å². The molecule has 3 aromatic rings. The van der Waals surface area contributed by atoms with Gasteiger partial charge in [0.25, 0.3) is 10.0 Å². The van der Waals surface area contributed by atoms with Crippen LogP contribution >= 0.6 is 23.4 Å². The summed E-state index contributed by atoms with van der Waals surface area (Å²) in [6, 6.07) is 16.1. The van der Waals surface area contributed by atoms with Crippen molar-refractivity contribution in [1.82, 2.24) is 0 Å². The number of anilines is 2. The minimum absolute atomic E-state index is 0.0141. The van der Waals surface area contributed by atoms with Gasteiger partial charge in [0.15, 0.2) is 5.75 Å². The number of nitrogens with one attached hydrogen (secondary N) is 2. The molecule has 180 valence electrons. The molecule has 0 bridgehead atoms. The molecule has 34 heavy (non-hydrogen) atoms. The fraction of sp³-hybridized carbons (Fsp3) is 0.208. The maximum absolute atomic E-state index is 13.2. The molecule has 0 aromatic heterocycles. The predicted molar refractivity (Wildman–Crippen MR) is 137 cm³/mol. The second-order valence-corrected chi connectivity index (χ2v) is 10.5. The lowest BCUT2D eigenvalue weighted by atomic mass is 10.2. The van der Waals surface area contributed by atoms with Crippen molar-refractivity contribution in [3.63, 3.8) is 0 Å². The number of sulfonamides is 1. The van der Waals surface area contributed by atoms with Gasteiger partial charge in [0.05, 0.1) is 23.4 Å². The smallest absolute Gasteiger partial charge is 0.262 e. The summed E-state index contributed by atoms with van der Waals surface area (Å²) in [4.78, 5) is 12.9. The minimum Gasteiger partial charge on any atom is -0.497 e. The Morgan fingerprint density at radius 1 is 0.971 bits per heavy atom. The first kappa shape index (κ1) is 25.7. The summed E-state index contributed by atoms with van der Waals surface area (Å²) in [5, 5.41) is 3.13. The number of amides is 1. The van der Waals surface area contributed by atoms with Gasteiger partial charge in [0.2, 0.25) is 5.91 Å². The Balaban J connectivity index is 1.92. The molecule has 0 radical (unpaired) electrons. The van der Waals surface area contributed by atoms with Crippen LogP contribution in [-0.4, -0.2) is 27.7 Å². The Kier molecular flexibility index (Phi) is 8.35. The predicted octanol–water partition coefficient (Wildman–Crippen LogP) is 6.26. The quantitative estimate of drug-likeness (QED) is 0.323. The maximum atomic E-state index is 13.2. The van der Waals surface area contributed by atoms with Gasteiger partial charge in [-0.3, -0.25) is 9.52 Å². The Hall–Kier alpha value is -2.88. The van der Waals surface area contributed by atoms with E-state index in [1.165, 1.54) is 30.0 Å². The van der Waals surface area contributed by atoms with Crippen molar-refractivity contribution >= 4 is 50.7 Å². The third-order valence-electron chi connectivity index (χ3n) is 4.74. The Morgan fingerprint density at radius 2 is 1.65 bits per heavy atom. The number of rotatable bonds is 9. The number of carbonyl (C=O) groups is 1. The molecular weight excluding hydrogens is 496 g/mol. The molecule has 0 aliphatic carbocycles. The molecule has 0 unspecified atom stereocenters. The summed E-state index contributed by atoms with van der Waals surface area (Å²) in [6.07, 6.45) is 1.85. The van der Waals surface area contributed by atoms with E-state index >= 15 is 0 Å². The number of thioether (sulfide) groups is 1. The summed E-state index contributed by atoms with van der Waals surface area (Å²) in [5.41, 5.74) is 0.597. The fourth-order valence-corrected chi connectivity index (χ4v) is 4.67. The monoisotopic (exact) mass is 520 g/mol. The molecule has 0 atom stereocenters. The second kappa shape index (κ2) is 11.0. The van der Waals surface area contributed by atoms with E-state index in [1.807, 2.05) is 6.26 Å². The lowest BCUT2D eigenvalue weighted by molar-refractivity contribution is -0.118. The average molecular weight is 521 g/mol. The van der Waals surface area contributed by atoms with Gasteiger partial charge in [-0.1, -0.05) is 25.4 Å². The van der Waals surface area contributed by atoms with Crippen LogP contribution in [0.25, 0.3) is 0 Å². The van der Waals surface area contributed by atoms with Crippen LogP contribution in [0.1, 0.15) is 13.8 Å². The molecule has 0 heterocycles. The molecule has 0 saturated heterocycles. The van der Waals surface area contributed by atoms with E-state index in [1.54, 1.807) is 63.4 Å². The lowest BCUT2D eigenvalue weighted by Crippen LogP contribution is -2.19. The van der Waals surface area contributed by atoms with Gasteiger partial charge in [-0.2, -0.15) is 0 Å². The van der Waals surface area contributed by atoms with Crippen LogP contribution in [0.4, 0.5) is 11.4 Å². The highest BCUT2D eigenvalue weighted by atomic mass is 35.5. The molecule has 10 heteroatoms. The molecule has 7 nitrogen and oxygen atoms in total. The summed E-state index contributed by atoms with van der Waals surface area (Å²) in [6.45, 7) is 3.53. The molecule has 0 saturated carbocycles. The van der Waals surface area contributed by atoms with E-state index in [4.69, 9.17) is 21.1 Å².